The molecule has 0 saturated heterocycles. The number of fused-ring (bicyclic) bond motifs is 1. The topological polar surface area (TPSA) is 113 Å². The number of amides is 3. The van der Waals surface area contributed by atoms with Crippen LogP contribution in [0.4, 0.5) is 10.1 Å². The number of H-pyrrole nitrogens is 1. The first-order valence-corrected chi connectivity index (χ1v) is 12.3. The fourth-order valence-electron chi connectivity index (χ4n) is 3.91. The molecule has 0 aliphatic rings. The van der Waals surface area contributed by atoms with Crippen molar-refractivity contribution in [3.05, 3.63) is 84.3 Å². The lowest BCUT2D eigenvalue weighted by atomic mass is 10.2. The first-order valence-electron chi connectivity index (χ1n) is 12.3. The highest BCUT2D eigenvalue weighted by Crippen LogP contribution is 2.25. The van der Waals surface area contributed by atoms with Crippen molar-refractivity contribution in [2.75, 3.05) is 25.5 Å². The number of benzene rings is 3. The van der Waals surface area contributed by atoms with Crippen LogP contribution in [0.25, 0.3) is 10.9 Å². The van der Waals surface area contributed by atoms with Gasteiger partial charge in [-0.2, -0.15) is 0 Å². The largest absolute Gasteiger partial charge is 0.497 e. The van der Waals surface area contributed by atoms with Gasteiger partial charge in [0.2, 0.25) is 11.8 Å². The molecule has 3 N–H and O–H groups in total. The third-order valence-corrected chi connectivity index (χ3v) is 5.67. The van der Waals surface area contributed by atoms with Gasteiger partial charge in [0.25, 0.3) is 5.91 Å². The van der Waals surface area contributed by atoms with Crippen molar-refractivity contribution in [2.45, 2.75) is 19.9 Å². The molecule has 0 aliphatic heterocycles. The summed E-state index contributed by atoms with van der Waals surface area (Å²) in [5.74, 6) is -0.146. The molecule has 0 unspecified atom stereocenters. The molecule has 202 valence electrons. The second-order valence-electron chi connectivity index (χ2n) is 9.12. The fraction of sp³-hybridized carbons (Fsp3) is 0.207. The Morgan fingerprint density at radius 3 is 2.13 bits per heavy atom. The summed E-state index contributed by atoms with van der Waals surface area (Å²) in [6.07, 6.45) is 0. The van der Waals surface area contributed by atoms with E-state index < -0.39 is 30.1 Å². The van der Waals surface area contributed by atoms with E-state index in [1.807, 2.05) is 0 Å². The highest BCUT2D eigenvalue weighted by atomic mass is 19.1. The lowest BCUT2D eigenvalue weighted by Crippen LogP contribution is -2.45. The first kappa shape index (κ1) is 27.2. The summed E-state index contributed by atoms with van der Waals surface area (Å²) in [7, 11) is 1.58. The van der Waals surface area contributed by atoms with E-state index in [1.54, 1.807) is 75.6 Å². The van der Waals surface area contributed by atoms with Gasteiger partial charge in [-0.15, -0.1) is 0 Å². The number of halogens is 1. The molecule has 1 aromatic heterocycles. The molecular weight excluding hydrogens is 503 g/mol. The van der Waals surface area contributed by atoms with E-state index in [1.165, 1.54) is 18.2 Å². The molecule has 0 spiro atoms. The number of nitrogens with one attached hydrogen (secondary N) is 3. The number of aromatic amines is 1. The van der Waals surface area contributed by atoms with E-state index in [2.05, 4.69) is 15.6 Å². The van der Waals surface area contributed by atoms with E-state index in [9.17, 15) is 18.8 Å². The van der Waals surface area contributed by atoms with Crippen LogP contribution in [0.2, 0.25) is 0 Å². The normalized spacial score (nSPS) is 10.8. The maximum absolute atomic E-state index is 14.2. The fourth-order valence-corrected chi connectivity index (χ4v) is 3.91. The second-order valence-corrected chi connectivity index (χ2v) is 9.12. The summed E-state index contributed by atoms with van der Waals surface area (Å²) in [6, 6.07) is 19.6. The quantitative estimate of drug-likeness (QED) is 0.274. The summed E-state index contributed by atoms with van der Waals surface area (Å²) >= 11 is 0. The molecule has 0 saturated carbocycles. The lowest BCUT2D eigenvalue weighted by Gasteiger charge is -2.22. The summed E-state index contributed by atoms with van der Waals surface area (Å²) in [6.45, 7) is 2.84. The van der Waals surface area contributed by atoms with E-state index >= 15 is 0 Å². The molecule has 0 atom stereocenters. The van der Waals surface area contributed by atoms with Crippen molar-refractivity contribution in [1.82, 2.24) is 15.2 Å². The third kappa shape index (κ3) is 7.13. The van der Waals surface area contributed by atoms with Gasteiger partial charge < -0.3 is 30.0 Å². The van der Waals surface area contributed by atoms with Gasteiger partial charge in [-0.3, -0.25) is 14.4 Å². The number of anilines is 1. The lowest BCUT2D eigenvalue weighted by molar-refractivity contribution is -0.123. The first-order chi connectivity index (χ1) is 18.7. The van der Waals surface area contributed by atoms with Crippen LogP contribution in [0.1, 0.15) is 24.3 Å². The Morgan fingerprint density at radius 2 is 1.51 bits per heavy atom. The predicted molar refractivity (Wildman–Crippen MR) is 146 cm³/mol. The number of carbonyl (C=O) groups excluding carboxylic acids is 3. The predicted octanol–water partition coefficient (Wildman–Crippen LogP) is 4.71. The number of aromatic nitrogens is 1. The van der Waals surface area contributed by atoms with Gasteiger partial charge >= 0.3 is 0 Å². The molecule has 3 aromatic carbocycles. The Hall–Kier alpha value is -4.86. The molecule has 4 aromatic rings. The van der Waals surface area contributed by atoms with Gasteiger partial charge in [-0.05, 0) is 74.5 Å². The molecule has 1 heterocycles. The van der Waals surface area contributed by atoms with Crippen molar-refractivity contribution in [3.63, 3.8) is 0 Å². The Bertz CT molecular complexity index is 1470. The van der Waals surface area contributed by atoms with Gasteiger partial charge in [-0.1, -0.05) is 12.1 Å². The van der Waals surface area contributed by atoms with Gasteiger partial charge in [0.1, 0.15) is 41.8 Å². The summed E-state index contributed by atoms with van der Waals surface area (Å²) < 4.78 is 25.1. The van der Waals surface area contributed by atoms with Crippen molar-refractivity contribution in [3.8, 4) is 17.2 Å². The van der Waals surface area contributed by atoms with Crippen molar-refractivity contribution in [1.29, 1.82) is 0 Å². The SMILES string of the molecule is COc1ccc(Oc2ccc(NC(=O)CN(CC(=O)NC(C)C)C(=O)c3cc4cccc(F)c4[nH]3)cc2)cc1. The van der Waals surface area contributed by atoms with Crippen LogP contribution < -0.4 is 20.1 Å². The Balaban J connectivity index is 1.44. The Kier molecular flexibility index (Phi) is 8.45. The highest BCUT2D eigenvalue weighted by molar-refractivity contribution is 6.02. The number of ether oxygens (including phenoxy) is 2. The average Bonchev–Trinajstić information content (AvgIpc) is 3.35. The van der Waals surface area contributed by atoms with Gasteiger partial charge in [-0.25, -0.2) is 4.39 Å². The summed E-state index contributed by atoms with van der Waals surface area (Å²) in [4.78, 5) is 42.5. The van der Waals surface area contributed by atoms with Gasteiger partial charge in [0, 0.05) is 17.1 Å². The molecule has 10 heteroatoms. The molecule has 4 rings (SSSR count). The van der Waals surface area contributed by atoms with Crippen molar-refractivity contribution >= 4 is 34.3 Å². The second kappa shape index (κ2) is 12.1. The van der Waals surface area contributed by atoms with Crippen LogP contribution in [0.15, 0.2) is 72.8 Å². The number of hydrogen-bond acceptors (Lipinski definition) is 5. The summed E-state index contributed by atoms with van der Waals surface area (Å²) in [5, 5.41) is 5.95. The number of rotatable bonds is 10. The van der Waals surface area contributed by atoms with Crippen molar-refractivity contribution < 1.29 is 28.2 Å². The third-order valence-electron chi connectivity index (χ3n) is 5.67. The minimum absolute atomic E-state index is 0.0697. The highest BCUT2D eigenvalue weighted by Gasteiger charge is 2.24. The molecule has 0 aliphatic carbocycles. The molecule has 0 fully saturated rings. The van der Waals surface area contributed by atoms with Crippen molar-refractivity contribution in [2.24, 2.45) is 0 Å². The molecule has 3 amide bonds. The minimum Gasteiger partial charge on any atom is -0.497 e. The van der Waals surface area contributed by atoms with Crippen LogP contribution in [-0.4, -0.2) is 53.8 Å². The summed E-state index contributed by atoms with van der Waals surface area (Å²) in [5.41, 5.74) is 0.725. The van der Waals surface area contributed by atoms with Crippen LogP contribution >= 0.6 is 0 Å². The Labute approximate surface area is 224 Å². The minimum atomic E-state index is -0.608. The smallest absolute Gasteiger partial charge is 0.271 e. The van der Waals surface area contributed by atoms with E-state index in [-0.39, 0.29) is 23.8 Å². The standard InChI is InChI=1S/C29H29FN4O5/c1-18(2)31-26(35)16-34(29(37)25-15-19-5-4-6-24(30)28(19)33-25)17-27(36)32-20-7-9-22(10-8-20)39-23-13-11-21(38-3)12-14-23/h4-15,18,33H,16-17H2,1-3H3,(H,31,35)(H,32,36). The van der Waals surface area contributed by atoms with E-state index in [4.69, 9.17) is 9.47 Å². The zero-order chi connectivity index (χ0) is 27.9. The molecular formula is C29H29FN4O5. The molecule has 0 radical (unpaired) electrons. The maximum atomic E-state index is 14.2. The van der Waals surface area contributed by atoms with Crippen LogP contribution in [-0.2, 0) is 9.59 Å². The zero-order valence-electron chi connectivity index (χ0n) is 21.8. The molecule has 9 nitrogen and oxygen atoms in total. The van der Waals surface area contributed by atoms with Crippen LogP contribution in [0.5, 0.6) is 17.2 Å². The number of nitrogens with zero attached hydrogens (tertiary/aromatic N) is 1. The van der Waals surface area contributed by atoms with E-state index in [0.717, 1.165) is 4.90 Å². The van der Waals surface area contributed by atoms with Crippen LogP contribution in [0.3, 0.4) is 0 Å². The molecule has 0 bridgehead atoms. The van der Waals surface area contributed by atoms with E-state index in [0.29, 0.717) is 28.3 Å². The van der Waals surface area contributed by atoms with Crippen LogP contribution in [0, 0.1) is 5.82 Å². The number of carbonyl (C=O) groups is 3. The average molecular weight is 533 g/mol. The van der Waals surface area contributed by atoms with Gasteiger partial charge in [0.05, 0.1) is 12.6 Å². The number of methoxy groups -OCH3 is 1. The molecule has 39 heavy (non-hydrogen) atoms. The maximum Gasteiger partial charge on any atom is 0.271 e. The number of hydrogen-bond donors (Lipinski definition) is 3. The Morgan fingerprint density at radius 1 is 0.897 bits per heavy atom. The monoisotopic (exact) mass is 532 g/mol. The zero-order valence-corrected chi connectivity index (χ0v) is 21.8. The number of para-hydroxylation sites is 1. The van der Waals surface area contributed by atoms with Gasteiger partial charge in [0.15, 0.2) is 0 Å².